The third kappa shape index (κ3) is 2.58. The second-order valence-corrected chi connectivity index (χ2v) is 5.31. The molecule has 0 spiro atoms. The number of hydrogen-bond acceptors (Lipinski definition) is 3. The first-order valence-corrected chi connectivity index (χ1v) is 7.02. The van der Waals surface area contributed by atoms with E-state index in [1.807, 2.05) is 11.0 Å². The predicted octanol–water partition coefficient (Wildman–Crippen LogP) is 3.89. The molecule has 0 saturated carbocycles. The number of halogens is 3. The Balaban J connectivity index is 2.02. The highest BCUT2D eigenvalue weighted by Crippen LogP contribution is 2.40. The zero-order valence-electron chi connectivity index (χ0n) is 11.4. The van der Waals surface area contributed by atoms with Crippen LogP contribution < -0.4 is 9.64 Å². The lowest BCUT2D eigenvalue weighted by atomic mass is 10.1. The molecule has 1 aliphatic rings. The lowest BCUT2D eigenvalue weighted by molar-refractivity contribution is 0.306. The van der Waals surface area contributed by atoms with Crippen molar-refractivity contribution in [2.45, 2.75) is 6.54 Å². The number of rotatable bonds is 2. The number of anilines is 1. The normalized spacial score (nSPS) is 13.3. The van der Waals surface area contributed by atoms with E-state index in [9.17, 15) is 14.0 Å². The highest BCUT2D eigenvalue weighted by atomic mass is 35.5. The predicted molar refractivity (Wildman–Crippen MR) is 79.1 cm³/mol. The van der Waals surface area contributed by atoms with Gasteiger partial charge in [-0.3, -0.25) is 0 Å². The van der Waals surface area contributed by atoms with Crippen molar-refractivity contribution in [3.63, 3.8) is 0 Å². The van der Waals surface area contributed by atoms with Crippen molar-refractivity contribution in [3.8, 4) is 11.8 Å². The average Bonchev–Trinajstić information content (AvgIpc) is 2.51. The molecule has 0 radical (unpaired) electrons. The molecule has 112 valence electrons. The zero-order chi connectivity index (χ0) is 15.7. The van der Waals surface area contributed by atoms with Crippen molar-refractivity contribution in [1.29, 1.82) is 5.26 Å². The fraction of sp³-hybridized carbons (Fsp3) is 0.188. The van der Waals surface area contributed by atoms with E-state index in [-0.39, 0.29) is 16.4 Å². The van der Waals surface area contributed by atoms with E-state index in [4.69, 9.17) is 16.3 Å². The molecule has 22 heavy (non-hydrogen) atoms. The Labute approximate surface area is 131 Å². The van der Waals surface area contributed by atoms with Crippen LogP contribution in [0.3, 0.4) is 0 Å². The molecule has 1 aliphatic heterocycles. The summed E-state index contributed by atoms with van der Waals surface area (Å²) in [4.78, 5) is 1.84. The smallest absolute Gasteiger partial charge is 0.161 e. The van der Waals surface area contributed by atoms with Crippen LogP contribution in [0.5, 0.6) is 5.75 Å². The molecule has 0 N–H and O–H groups in total. The molecule has 0 aliphatic carbocycles. The summed E-state index contributed by atoms with van der Waals surface area (Å²) in [5.74, 6) is -0.685. The van der Waals surface area contributed by atoms with Crippen LogP contribution in [0.15, 0.2) is 30.3 Å². The Kier molecular flexibility index (Phi) is 3.86. The molecule has 0 aromatic heterocycles. The van der Waals surface area contributed by atoms with Gasteiger partial charge < -0.3 is 9.64 Å². The molecule has 2 aromatic carbocycles. The van der Waals surface area contributed by atoms with Crippen LogP contribution in [0, 0.1) is 23.0 Å². The number of ether oxygens (including phenoxy) is 1. The quantitative estimate of drug-likeness (QED) is 0.842. The van der Waals surface area contributed by atoms with Crippen LogP contribution in [0.1, 0.15) is 11.1 Å². The lowest BCUT2D eigenvalue weighted by Crippen LogP contribution is -2.33. The molecule has 6 heteroatoms. The van der Waals surface area contributed by atoms with Crippen molar-refractivity contribution in [2.24, 2.45) is 0 Å². The van der Waals surface area contributed by atoms with Crippen LogP contribution >= 0.6 is 11.6 Å². The van der Waals surface area contributed by atoms with Gasteiger partial charge in [-0.05, 0) is 17.7 Å². The Bertz CT molecular complexity index is 756. The monoisotopic (exact) mass is 320 g/mol. The molecular formula is C16H11ClF2N2O. The second kappa shape index (κ2) is 5.82. The zero-order valence-corrected chi connectivity index (χ0v) is 12.2. The van der Waals surface area contributed by atoms with Crippen LogP contribution in [-0.4, -0.2) is 13.2 Å². The first kappa shape index (κ1) is 14.6. The van der Waals surface area contributed by atoms with Crippen molar-refractivity contribution in [1.82, 2.24) is 0 Å². The topological polar surface area (TPSA) is 36.3 Å². The number of benzene rings is 2. The average molecular weight is 321 g/mol. The molecule has 0 fully saturated rings. The summed E-state index contributed by atoms with van der Waals surface area (Å²) >= 11 is 5.79. The van der Waals surface area contributed by atoms with Crippen LogP contribution in [-0.2, 0) is 6.54 Å². The number of fused-ring (bicyclic) bond motifs is 1. The Morgan fingerprint density at radius 2 is 2.00 bits per heavy atom. The van der Waals surface area contributed by atoms with Gasteiger partial charge in [0.2, 0.25) is 0 Å². The van der Waals surface area contributed by atoms with Gasteiger partial charge in [-0.25, -0.2) is 8.78 Å². The third-order valence-electron chi connectivity index (χ3n) is 3.49. The highest BCUT2D eigenvalue weighted by Gasteiger charge is 2.26. The summed E-state index contributed by atoms with van der Waals surface area (Å²) in [6.45, 7) is 1.33. The van der Waals surface area contributed by atoms with E-state index in [1.54, 1.807) is 12.1 Å². The maximum atomic E-state index is 14.1. The molecule has 0 bridgehead atoms. The summed E-state index contributed by atoms with van der Waals surface area (Å²) in [5, 5.41) is 9.10. The van der Waals surface area contributed by atoms with Gasteiger partial charge in [0, 0.05) is 12.6 Å². The fourth-order valence-electron chi connectivity index (χ4n) is 2.47. The largest absolute Gasteiger partial charge is 0.489 e. The molecule has 2 aromatic rings. The molecule has 0 atom stereocenters. The van der Waals surface area contributed by atoms with Gasteiger partial charge in [-0.15, -0.1) is 0 Å². The summed E-state index contributed by atoms with van der Waals surface area (Å²) in [7, 11) is 0. The number of nitrogens with zero attached hydrogens (tertiary/aromatic N) is 2. The molecule has 0 unspecified atom stereocenters. The van der Waals surface area contributed by atoms with Gasteiger partial charge in [-0.2, -0.15) is 5.26 Å². The van der Waals surface area contributed by atoms with Crippen LogP contribution in [0.2, 0.25) is 5.02 Å². The Morgan fingerprint density at radius 1 is 1.27 bits per heavy atom. The van der Waals surface area contributed by atoms with Gasteiger partial charge in [0.1, 0.15) is 35.5 Å². The van der Waals surface area contributed by atoms with E-state index in [1.165, 1.54) is 18.2 Å². The summed E-state index contributed by atoms with van der Waals surface area (Å²) in [6, 6.07) is 9.27. The van der Waals surface area contributed by atoms with E-state index in [0.717, 1.165) is 5.56 Å². The van der Waals surface area contributed by atoms with Crippen molar-refractivity contribution < 1.29 is 13.5 Å². The summed E-state index contributed by atoms with van der Waals surface area (Å²) in [5.41, 5.74) is 1.11. The van der Waals surface area contributed by atoms with E-state index in [2.05, 4.69) is 0 Å². The number of hydrogen-bond donors (Lipinski definition) is 0. The first-order chi connectivity index (χ1) is 10.6. The fourth-order valence-corrected chi connectivity index (χ4v) is 2.66. The second-order valence-electron chi connectivity index (χ2n) is 4.90. The van der Waals surface area contributed by atoms with Gasteiger partial charge in [-0.1, -0.05) is 23.7 Å². The molecule has 3 rings (SSSR count). The Morgan fingerprint density at radius 3 is 2.68 bits per heavy atom. The van der Waals surface area contributed by atoms with Crippen LogP contribution in [0.4, 0.5) is 14.5 Å². The standard InChI is InChI=1S/C16H11ClF2N2O/c17-13-7-14-16(12(8-20)15(13)19)21(5-6-22-14)9-10-1-3-11(18)4-2-10/h1-4,7H,5-6,9H2. The molecule has 0 saturated heterocycles. The van der Waals surface area contributed by atoms with Gasteiger partial charge in [0.15, 0.2) is 5.82 Å². The minimum absolute atomic E-state index is 0.135. The maximum absolute atomic E-state index is 14.1. The van der Waals surface area contributed by atoms with E-state index >= 15 is 0 Å². The van der Waals surface area contributed by atoms with Crippen LogP contribution in [0.25, 0.3) is 0 Å². The molecule has 0 amide bonds. The van der Waals surface area contributed by atoms with Crippen molar-refractivity contribution in [3.05, 3.63) is 58.1 Å². The summed E-state index contributed by atoms with van der Waals surface area (Å²) in [6.07, 6.45) is 0. The van der Waals surface area contributed by atoms with Gasteiger partial charge >= 0.3 is 0 Å². The van der Waals surface area contributed by atoms with E-state index < -0.39 is 5.82 Å². The van der Waals surface area contributed by atoms with Crippen molar-refractivity contribution in [2.75, 3.05) is 18.1 Å². The van der Waals surface area contributed by atoms with Gasteiger partial charge in [0.05, 0.1) is 11.6 Å². The minimum atomic E-state index is -0.752. The van der Waals surface area contributed by atoms with Crippen molar-refractivity contribution >= 4 is 17.3 Å². The third-order valence-corrected chi connectivity index (χ3v) is 3.77. The SMILES string of the molecule is N#Cc1c(F)c(Cl)cc2c1N(Cc1ccc(F)cc1)CCO2. The minimum Gasteiger partial charge on any atom is -0.489 e. The first-order valence-electron chi connectivity index (χ1n) is 6.64. The van der Waals surface area contributed by atoms with E-state index in [0.29, 0.717) is 31.1 Å². The summed E-state index contributed by atoms with van der Waals surface area (Å²) < 4.78 is 32.5. The highest BCUT2D eigenvalue weighted by molar-refractivity contribution is 6.31. The molecular weight excluding hydrogens is 310 g/mol. The molecule has 3 nitrogen and oxygen atoms in total. The maximum Gasteiger partial charge on any atom is 0.161 e. The van der Waals surface area contributed by atoms with Gasteiger partial charge in [0.25, 0.3) is 0 Å². The lowest BCUT2D eigenvalue weighted by Gasteiger charge is -2.32. The Hall–Kier alpha value is -2.32. The number of nitriles is 1. The molecule has 1 heterocycles.